The number of phenolic OH excluding ortho intramolecular Hbond substituents is 1. The Labute approximate surface area is 82.0 Å². The van der Waals surface area contributed by atoms with E-state index in [4.69, 9.17) is 4.52 Å². The van der Waals surface area contributed by atoms with E-state index in [-0.39, 0.29) is 5.75 Å². The van der Waals surface area contributed by atoms with Gasteiger partial charge in [-0.25, -0.2) is 0 Å². The van der Waals surface area contributed by atoms with Crippen LogP contribution in [0.1, 0.15) is 11.3 Å². The van der Waals surface area contributed by atoms with Crippen LogP contribution in [-0.4, -0.2) is 10.3 Å². The van der Waals surface area contributed by atoms with Gasteiger partial charge in [-0.2, -0.15) is 0 Å². The number of phenols is 1. The van der Waals surface area contributed by atoms with E-state index in [0.717, 1.165) is 11.3 Å². The molecule has 0 saturated heterocycles. The topological polar surface area (TPSA) is 46.3 Å². The zero-order chi connectivity index (χ0) is 10.1. The molecule has 0 fully saturated rings. The van der Waals surface area contributed by atoms with Crippen molar-refractivity contribution in [1.82, 2.24) is 5.16 Å². The highest BCUT2D eigenvalue weighted by Gasteiger charge is 2.10. The van der Waals surface area contributed by atoms with Crippen molar-refractivity contribution >= 4 is 0 Å². The zero-order valence-electron chi connectivity index (χ0n) is 8.11. The van der Waals surface area contributed by atoms with Crippen molar-refractivity contribution in [1.29, 1.82) is 0 Å². The average molecular weight is 189 g/mol. The fraction of sp³-hybridized carbons (Fsp3) is 0.182. The van der Waals surface area contributed by atoms with Crippen LogP contribution in [0.4, 0.5) is 0 Å². The molecule has 0 atom stereocenters. The van der Waals surface area contributed by atoms with E-state index in [1.807, 2.05) is 32.0 Å². The fourth-order valence-corrected chi connectivity index (χ4v) is 1.35. The molecule has 1 aromatic carbocycles. The number of aromatic hydroxyl groups is 1. The first-order valence-corrected chi connectivity index (χ1v) is 4.41. The van der Waals surface area contributed by atoms with Crippen LogP contribution in [-0.2, 0) is 0 Å². The molecule has 0 bridgehead atoms. The molecule has 72 valence electrons. The number of nitrogens with zero attached hydrogens (tertiary/aromatic N) is 1. The Kier molecular flexibility index (Phi) is 2.00. The van der Waals surface area contributed by atoms with E-state index in [1.54, 1.807) is 6.07 Å². The molecule has 0 amide bonds. The van der Waals surface area contributed by atoms with Gasteiger partial charge in [0, 0.05) is 6.07 Å². The molecule has 2 aromatic rings. The third-order valence-corrected chi connectivity index (χ3v) is 2.13. The monoisotopic (exact) mass is 189 g/mol. The van der Waals surface area contributed by atoms with Crippen molar-refractivity contribution in [2.24, 2.45) is 0 Å². The third-order valence-electron chi connectivity index (χ3n) is 2.13. The molecule has 0 unspecified atom stereocenters. The maximum atomic E-state index is 9.77. The van der Waals surface area contributed by atoms with Gasteiger partial charge in [0.2, 0.25) is 0 Å². The van der Waals surface area contributed by atoms with Crippen LogP contribution in [0.2, 0.25) is 0 Å². The summed E-state index contributed by atoms with van der Waals surface area (Å²) < 4.78 is 5.08. The predicted molar refractivity (Wildman–Crippen MR) is 53.1 cm³/mol. The number of rotatable bonds is 1. The second-order valence-corrected chi connectivity index (χ2v) is 3.30. The first kappa shape index (κ1) is 8.81. The molecule has 1 aromatic heterocycles. The van der Waals surface area contributed by atoms with E-state index in [2.05, 4.69) is 5.16 Å². The lowest BCUT2D eigenvalue weighted by Crippen LogP contribution is -1.79. The predicted octanol–water partition coefficient (Wildman–Crippen LogP) is 2.66. The van der Waals surface area contributed by atoms with Crippen molar-refractivity contribution in [2.75, 3.05) is 0 Å². The first-order valence-electron chi connectivity index (χ1n) is 4.41. The summed E-state index contributed by atoms with van der Waals surface area (Å²) in [6.45, 7) is 3.70. The maximum absolute atomic E-state index is 9.77. The van der Waals surface area contributed by atoms with Crippen molar-refractivity contribution < 1.29 is 9.63 Å². The van der Waals surface area contributed by atoms with Crippen molar-refractivity contribution in [3.05, 3.63) is 35.5 Å². The summed E-state index contributed by atoms with van der Waals surface area (Å²) >= 11 is 0. The van der Waals surface area contributed by atoms with Crippen molar-refractivity contribution in [3.63, 3.8) is 0 Å². The van der Waals surface area contributed by atoms with E-state index >= 15 is 0 Å². The number of benzene rings is 1. The standard InChI is InChI=1S/C11H11NO2/c1-7-4-3-5-9(11(7)13)10-6-8(2)12-14-10/h3-6,13H,1-2H3. The Morgan fingerprint density at radius 3 is 2.71 bits per heavy atom. The van der Waals surface area contributed by atoms with Crippen LogP contribution in [0.15, 0.2) is 28.8 Å². The molecule has 3 heteroatoms. The lowest BCUT2D eigenvalue weighted by molar-refractivity contribution is 0.421. The first-order chi connectivity index (χ1) is 6.68. The summed E-state index contributed by atoms with van der Waals surface area (Å²) in [6, 6.07) is 7.33. The smallest absolute Gasteiger partial charge is 0.170 e. The normalized spacial score (nSPS) is 10.4. The highest BCUT2D eigenvalue weighted by Crippen LogP contribution is 2.31. The van der Waals surface area contributed by atoms with Crippen LogP contribution in [0.5, 0.6) is 5.75 Å². The molecule has 1 N–H and O–H groups in total. The summed E-state index contributed by atoms with van der Waals surface area (Å²) in [6.07, 6.45) is 0. The molecule has 0 aliphatic rings. The van der Waals surface area contributed by atoms with Gasteiger partial charge in [-0.1, -0.05) is 17.3 Å². The second-order valence-electron chi connectivity index (χ2n) is 3.30. The van der Waals surface area contributed by atoms with Gasteiger partial charge in [-0.15, -0.1) is 0 Å². The van der Waals surface area contributed by atoms with Gasteiger partial charge in [-0.3, -0.25) is 0 Å². The highest BCUT2D eigenvalue weighted by atomic mass is 16.5. The molecule has 0 saturated carbocycles. The Morgan fingerprint density at radius 2 is 2.07 bits per heavy atom. The molecule has 3 nitrogen and oxygen atoms in total. The van der Waals surface area contributed by atoms with Gasteiger partial charge < -0.3 is 9.63 Å². The molecule has 0 aliphatic heterocycles. The quantitative estimate of drug-likeness (QED) is 0.750. The largest absolute Gasteiger partial charge is 0.507 e. The van der Waals surface area contributed by atoms with Crippen molar-refractivity contribution in [2.45, 2.75) is 13.8 Å². The zero-order valence-corrected chi connectivity index (χ0v) is 8.11. The summed E-state index contributed by atoms with van der Waals surface area (Å²) in [4.78, 5) is 0. The lowest BCUT2D eigenvalue weighted by atomic mass is 10.1. The lowest BCUT2D eigenvalue weighted by Gasteiger charge is -2.02. The minimum Gasteiger partial charge on any atom is -0.507 e. The molecule has 0 spiro atoms. The molecule has 1 heterocycles. The van der Waals surface area contributed by atoms with Gasteiger partial charge in [0.25, 0.3) is 0 Å². The van der Waals surface area contributed by atoms with Gasteiger partial charge in [0.1, 0.15) is 5.75 Å². The van der Waals surface area contributed by atoms with E-state index in [9.17, 15) is 5.11 Å². The fourth-order valence-electron chi connectivity index (χ4n) is 1.35. The second kappa shape index (κ2) is 3.18. The molecule has 0 radical (unpaired) electrons. The van der Waals surface area contributed by atoms with Crippen LogP contribution in [0.25, 0.3) is 11.3 Å². The molecule has 0 aliphatic carbocycles. The van der Waals surface area contributed by atoms with E-state index < -0.39 is 0 Å². The Hall–Kier alpha value is -1.77. The molecule has 14 heavy (non-hydrogen) atoms. The van der Waals surface area contributed by atoms with E-state index in [0.29, 0.717) is 11.3 Å². The molecule has 2 rings (SSSR count). The number of hydrogen-bond donors (Lipinski definition) is 1. The molecular weight excluding hydrogens is 178 g/mol. The van der Waals surface area contributed by atoms with Gasteiger partial charge >= 0.3 is 0 Å². The van der Waals surface area contributed by atoms with Crippen molar-refractivity contribution in [3.8, 4) is 17.1 Å². The minimum absolute atomic E-state index is 0.253. The Balaban J connectivity index is 2.57. The maximum Gasteiger partial charge on any atom is 0.170 e. The molecular formula is C11H11NO2. The Morgan fingerprint density at radius 1 is 1.29 bits per heavy atom. The van der Waals surface area contributed by atoms with Crippen LogP contribution in [0, 0.1) is 13.8 Å². The average Bonchev–Trinajstić information content (AvgIpc) is 2.57. The van der Waals surface area contributed by atoms with Gasteiger partial charge in [0.15, 0.2) is 5.76 Å². The summed E-state index contributed by atoms with van der Waals surface area (Å²) in [5.74, 6) is 0.854. The summed E-state index contributed by atoms with van der Waals surface area (Å²) in [5, 5.41) is 13.6. The van der Waals surface area contributed by atoms with Gasteiger partial charge in [0.05, 0.1) is 11.3 Å². The minimum atomic E-state index is 0.253. The number of aryl methyl sites for hydroxylation is 2. The van der Waals surface area contributed by atoms with E-state index in [1.165, 1.54) is 0 Å². The highest BCUT2D eigenvalue weighted by molar-refractivity contribution is 5.67. The van der Waals surface area contributed by atoms with Gasteiger partial charge in [-0.05, 0) is 25.5 Å². The summed E-state index contributed by atoms with van der Waals surface area (Å²) in [7, 11) is 0. The number of hydrogen-bond acceptors (Lipinski definition) is 3. The van der Waals surface area contributed by atoms with Crippen LogP contribution < -0.4 is 0 Å². The SMILES string of the molecule is Cc1cc(-c2cccc(C)c2O)on1. The number of aromatic nitrogens is 1. The third kappa shape index (κ3) is 1.37. The Bertz CT molecular complexity index is 460. The van der Waals surface area contributed by atoms with Crippen LogP contribution in [0.3, 0.4) is 0 Å². The van der Waals surface area contributed by atoms with Crippen LogP contribution >= 0.6 is 0 Å². The number of para-hydroxylation sites is 1. The summed E-state index contributed by atoms with van der Waals surface area (Å²) in [5.41, 5.74) is 2.32.